The third-order valence-electron chi connectivity index (χ3n) is 1.67. The molecule has 0 aromatic heterocycles. The molecule has 0 N–H and O–H groups in total. The highest BCUT2D eigenvalue weighted by atomic mass is 32.2. The van der Waals surface area contributed by atoms with Gasteiger partial charge in [-0.25, -0.2) is 8.78 Å². The monoisotopic (exact) mass is 196 g/mol. The van der Waals surface area contributed by atoms with Gasteiger partial charge >= 0.3 is 0 Å². The van der Waals surface area contributed by atoms with Gasteiger partial charge < -0.3 is 0 Å². The zero-order chi connectivity index (χ0) is 9.23. The summed E-state index contributed by atoms with van der Waals surface area (Å²) in [4.78, 5) is 0. The molecule has 0 unspecified atom stereocenters. The Bertz CT molecular complexity index is 86.6. The second-order valence-corrected chi connectivity index (χ2v) is 4.18. The molecule has 0 aliphatic carbocycles. The van der Waals surface area contributed by atoms with E-state index in [0.29, 0.717) is 6.42 Å². The van der Waals surface area contributed by atoms with Crippen LogP contribution in [0.1, 0.15) is 39.0 Å². The lowest BCUT2D eigenvalue weighted by atomic mass is 10.2. The lowest BCUT2D eigenvalue weighted by molar-refractivity contribution is 0.134. The second-order valence-electron chi connectivity index (χ2n) is 2.79. The van der Waals surface area contributed by atoms with Crippen molar-refractivity contribution in [1.82, 2.24) is 0 Å². The van der Waals surface area contributed by atoms with Crippen molar-refractivity contribution in [1.29, 1.82) is 0 Å². The van der Waals surface area contributed by atoms with E-state index in [4.69, 9.17) is 0 Å². The fourth-order valence-corrected chi connectivity index (χ4v) is 1.70. The van der Waals surface area contributed by atoms with Gasteiger partial charge in [0.1, 0.15) is 0 Å². The summed E-state index contributed by atoms with van der Waals surface area (Å²) in [5.41, 5.74) is 0. The molecular formula is C9H18F2S. The summed E-state index contributed by atoms with van der Waals surface area (Å²) in [7, 11) is 0. The van der Waals surface area contributed by atoms with E-state index in [-0.39, 0.29) is 6.42 Å². The molecule has 0 bridgehead atoms. The highest BCUT2D eigenvalue weighted by Crippen LogP contribution is 2.11. The number of rotatable bonds is 8. The van der Waals surface area contributed by atoms with Crippen molar-refractivity contribution >= 4 is 11.8 Å². The average Bonchev–Trinajstić information content (AvgIpc) is 2.02. The van der Waals surface area contributed by atoms with Crippen molar-refractivity contribution < 1.29 is 8.78 Å². The molecule has 0 fully saturated rings. The number of alkyl halides is 2. The smallest absolute Gasteiger partial charge is 0.211 e. The Morgan fingerprint density at radius 2 is 1.75 bits per heavy atom. The normalized spacial score (nSPS) is 11.0. The zero-order valence-corrected chi connectivity index (χ0v) is 8.51. The van der Waals surface area contributed by atoms with E-state index in [9.17, 15) is 8.78 Å². The van der Waals surface area contributed by atoms with E-state index >= 15 is 0 Å². The topological polar surface area (TPSA) is 0 Å². The van der Waals surface area contributed by atoms with Crippen molar-refractivity contribution in [3.63, 3.8) is 0 Å². The van der Waals surface area contributed by atoms with Crippen LogP contribution in [0, 0.1) is 0 Å². The molecule has 3 heteroatoms. The van der Waals surface area contributed by atoms with Gasteiger partial charge in [0.05, 0.1) is 0 Å². The van der Waals surface area contributed by atoms with Crippen LogP contribution in [0.15, 0.2) is 0 Å². The van der Waals surface area contributed by atoms with E-state index in [2.05, 4.69) is 6.92 Å². The minimum Gasteiger partial charge on any atom is -0.211 e. The van der Waals surface area contributed by atoms with Gasteiger partial charge in [-0.3, -0.25) is 0 Å². The summed E-state index contributed by atoms with van der Waals surface area (Å²) < 4.78 is 23.3. The minimum absolute atomic E-state index is 0.0842. The minimum atomic E-state index is -2.10. The third kappa shape index (κ3) is 10.2. The summed E-state index contributed by atoms with van der Waals surface area (Å²) >= 11 is 1.92. The first-order chi connectivity index (χ1) is 5.77. The van der Waals surface area contributed by atoms with Crippen molar-refractivity contribution in [2.24, 2.45) is 0 Å². The molecule has 0 saturated carbocycles. The molecule has 0 aromatic rings. The van der Waals surface area contributed by atoms with Crippen molar-refractivity contribution in [2.45, 2.75) is 45.5 Å². The van der Waals surface area contributed by atoms with Gasteiger partial charge in [-0.05, 0) is 24.3 Å². The number of thioether (sulfide) groups is 1. The molecule has 0 radical (unpaired) electrons. The van der Waals surface area contributed by atoms with Gasteiger partial charge in [0.15, 0.2) is 0 Å². The number of unbranched alkanes of at least 4 members (excludes halogenated alkanes) is 3. The lowest BCUT2D eigenvalue weighted by Gasteiger charge is -2.00. The Labute approximate surface area is 78.1 Å². The second kappa shape index (κ2) is 9.30. The van der Waals surface area contributed by atoms with Crippen LogP contribution in [-0.2, 0) is 0 Å². The molecule has 0 saturated heterocycles. The molecule has 74 valence electrons. The predicted molar refractivity (Wildman–Crippen MR) is 52.1 cm³/mol. The van der Waals surface area contributed by atoms with Crippen LogP contribution in [0.2, 0.25) is 0 Å². The maximum atomic E-state index is 11.7. The molecule has 12 heavy (non-hydrogen) atoms. The summed E-state index contributed by atoms with van der Waals surface area (Å²) in [6, 6.07) is 0. The van der Waals surface area contributed by atoms with Gasteiger partial charge in [0.25, 0.3) is 0 Å². The Morgan fingerprint density at radius 1 is 1.08 bits per heavy atom. The fraction of sp³-hybridized carbons (Fsp3) is 1.00. The third-order valence-corrected chi connectivity index (χ3v) is 2.65. The molecule has 0 aromatic carbocycles. The Kier molecular flexibility index (Phi) is 9.46. The van der Waals surface area contributed by atoms with Crippen LogP contribution < -0.4 is 0 Å². The first-order valence-electron chi connectivity index (χ1n) is 4.63. The Hall–Kier alpha value is 0.210. The predicted octanol–water partition coefficient (Wildman–Crippen LogP) is 3.96. The first-order valence-corrected chi connectivity index (χ1v) is 5.78. The van der Waals surface area contributed by atoms with E-state index in [1.165, 1.54) is 12.2 Å². The summed E-state index contributed by atoms with van der Waals surface area (Å²) in [6.45, 7) is 2.14. The summed E-state index contributed by atoms with van der Waals surface area (Å²) in [5.74, 6) is 2.35. The molecule has 0 amide bonds. The van der Waals surface area contributed by atoms with Gasteiger partial charge in [0.2, 0.25) is 6.43 Å². The molecule has 0 nitrogen and oxygen atoms in total. The molecule has 0 heterocycles. The highest BCUT2D eigenvalue weighted by Gasteiger charge is 2.00. The quantitative estimate of drug-likeness (QED) is 0.530. The number of halogens is 2. The SMILES string of the molecule is CCSCCCCCCC(F)F. The van der Waals surface area contributed by atoms with Gasteiger partial charge in [-0.2, -0.15) is 11.8 Å². The van der Waals surface area contributed by atoms with Crippen LogP contribution in [0.3, 0.4) is 0 Å². The fourth-order valence-electron chi connectivity index (χ4n) is 1.00. The standard InChI is InChI=1S/C9H18F2S/c1-2-12-8-6-4-3-5-7-9(10)11/h9H,2-8H2,1H3. The first kappa shape index (κ1) is 12.2. The van der Waals surface area contributed by atoms with E-state index < -0.39 is 6.43 Å². The van der Waals surface area contributed by atoms with Crippen molar-refractivity contribution in [2.75, 3.05) is 11.5 Å². The van der Waals surface area contributed by atoms with Gasteiger partial charge in [-0.15, -0.1) is 0 Å². The number of hydrogen-bond acceptors (Lipinski definition) is 1. The molecule has 0 atom stereocenters. The Balaban J connectivity index is 2.82. The summed E-state index contributed by atoms with van der Waals surface area (Å²) in [5, 5.41) is 0. The van der Waals surface area contributed by atoms with Gasteiger partial charge in [0, 0.05) is 6.42 Å². The molecule has 0 rings (SSSR count). The maximum Gasteiger partial charge on any atom is 0.238 e. The number of hydrogen-bond donors (Lipinski definition) is 0. The van der Waals surface area contributed by atoms with Crippen LogP contribution >= 0.6 is 11.8 Å². The highest BCUT2D eigenvalue weighted by molar-refractivity contribution is 7.99. The maximum absolute atomic E-state index is 11.7. The van der Waals surface area contributed by atoms with E-state index in [1.807, 2.05) is 11.8 Å². The van der Waals surface area contributed by atoms with Gasteiger partial charge in [-0.1, -0.05) is 19.8 Å². The zero-order valence-electron chi connectivity index (χ0n) is 7.69. The van der Waals surface area contributed by atoms with E-state index in [0.717, 1.165) is 18.6 Å². The van der Waals surface area contributed by atoms with Crippen LogP contribution in [0.4, 0.5) is 8.78 Å². The molecule has 0 spiro atoms. The van der Waals surface area contributed by atoms with E-state index in [1.54, 1.807) is 0 Å². The van der Waals surface area contributed by atoms with Crippen LogP contribution in [0.5, 0.6) is 0 Å². The average molecular weight is 196 g/mol. The van der Waals surface area contributed by atoms with Crippen LogP contribution in [-0.4, -0.2) is 17.9 Å². The Morgan fingerprint density at radius 3 is 2.33 bits per heavy atom. The molecule has 0 aliphatic rings. The lowest BCUT2D eigenvalue weighted by Crippen LogP contribution is -1.90. The molecular weight excluding hydrogens is 178 g/mol. The molecule has 0 aliphatic heterocycles. The van der Waals surface area contributed by atoms with Crippen molar-refractivity contribution in [3.8, 4) is 0 Å². The summed E-state index contributed by atoms with van der Waals surface area (Å²) in [6.07, 6.45) is 1.93. The van der Waals surface area contributed by atoms with Crippen LogP contribution in [0.25, 0.3) is 0 Å². The van der Waals surface area contributed by atoms with Crippen molar-refractivity contribution in [3.05, 3.63) is 0 Å². The largest absolute Gasteiger partial charge is 0.238 e.